The molecule has 2 amide bonds. The molecule has 1 aliphatic heterocycles. The summed E-state index contributed by atoms with van der Waals surface area (Å²) in [6.45, 7) is 6.76. The number of hydrogen-bond acceptors (Lipinski definition) is 6. The summed E-state index contributed by atoms with van der Waals surface area (Å²) in [6.07, 6.45) is 5.25. The molecule has 0 radical (unpaired) electrons. The summed E-state index contributed by atoms with van der Waals surface area (Å²) < 4.78 is 5.12. The van der Waals surface area contributed by atoms with Gasteiger partial charge in [0.15, 0.2) is 0 Å². The van der Waals surface area contributed by atoms with Crippen LogP contribution in [0.5, 0.6) is 0 Å². The molecule has 8 heteroatoms. The number of rotatable bonds is 10. The number of likely N-dealkylation sites (tertiary alicyclic amines) is 1. The van der Waals surface area contributed by atoms with Crippen LogP contribution in [0.15, 0.2) is 29.1 Å². The minimum atomic E-state index is -0.412. The van der Waals surface area contributed by atoms with Crippen molar-refractivity contribution in [2.45, 2.75) is 58.2 Å². The normalized spacial score (nSPS) is 16.1. The van der Waals surface area contributed by atoms with Crippen molar-refractivity contribution in [2.75, 3.05) is 26.8 Å². The number of methoxy groups -OCH3 is 1. The number of ether oxygens (including phenoxy) is 1. The summed E-state index contributed by atoms with van der Waals surface area (Å²) in [5.41, 5.74) is 8.96. The Balaban J connectivity index is 1.56. The monoisotopic (exact) mass is 458 g/mol. The largest absolute Gasteiger partial charge is 0.375 e. The molecule has 7 nitrogen and oxygen atoms in total. The number of amides is 2. The maximum absolute atomic E-state index is 12.7. The van der Waals surface area contributed by atoms with E-state index in [-0.39, 0.29) is 18.6 Å². The van der Waals surface area contributed by atoms with Gasteiger partial charge in [0.25, 0.3) is 5.91 Å². The van der Waals surface area contributed by atoms with Crippen molar-refractivity contribution in [3.05, 3.63) is 51.5 Å². The second-order valence-electron chi connectivity index (χ2n) is 8.55. The fraction of sp³-hybridized carbons (Fsp3) is 0.542. The van der Waals surface area contributed by atoms with Gasteiger partial charge in [-0.1, -0.05) is 0 Å². The highest BCUT2D eigenvalue weighted by Gasteiger charge is 2.29. The van der Waals surface area contributed by atoms with E-state index in [0.717, 1.165) is 50.0 Å². The Morgan fingerprint density at radius 2 is 2.09 bits per heavy atom. The molecule has 1 aliphatic rings. The highest BCUT2D eigenvalue weighted by Crippen LogP contribution is 2.23. The summed E-state index contributed by atoms with van der Waals surface area (Å²) in [4.78, 5) is 33.4. The number of primary amides is 1. The number of hydrogen-bond donors (Lipinski definition) is 1. The number of aryl methyl sites for hydroxylation is 2. The fourth-order valence-electron chi connectivity index (χ4n) is 4.51. The minimum absolute atomic E-state index is 0.0506. The molecule has 174 valence electrons. The third kappa shape index (κ3) is 6.15. The number of nitrogens with zero attached hydrogens (tertiary/aromatic N) is 3. The summed E-state index contributed by atoms with van der Waals surface area (Å²) in [5, 5.41) is 4.15. The molecule has 2 aromatic heterocycles. The average molecular weight is 459 g/mol. The van der Waals surface area contributed by atoms with E-state index in [0.29, 0.717) is 18.2 Å². The van der Waals surface area contributed by atoms with Crippen LogP contribution in [-0.4, -0.2) is 65.5 Å². The van der Waals surface area contributed by atoms with Gasteiger partial charge in [-0.3, -0.25) is 14.6 Å². The number of piperidine rings is 1. The van der Waals surface area contributed by atoms with Gasteiger partial charge in [0.05, 0.1) is 11.3 Å². The topological polar surface area (TPSA) is 88.8 Å². The number of pyridine rings is 1. The highest BCUT2D eigenvalue weighted by molar-refractivity contribution is 7.07. The zero-order chi connectivity index (χ0) is 23.1. The predicted octanol–water partition coefficient (Wildman–Crippen LogP) is 3.01. The maximum Gasteiger partial charge on any atom is 0.250 e. The summed E-state index contributed by atoms with van der Waals surface area (Å²) >= 11 is 1.65. The maximum atomic E-state index is 12.7. The standard InChI is InChI=1S/C24H34N4O3S/c1-17-6-10-26-21(23(17)24(25)30)5-4-18(2)27-11-7-20(8-12-27)28(22(29)15-31-3)14-19-9-13-32-16-19/h6,9-10,13,16,18,20H,4-5,7-8,11-12,14-15H2,1-3H3,(H2,25,30)/t18-/m1/s1. The van der Waals surface area contributed by atoms with Crippen LogP contribution in [0.4, 0.5) is 0 Å². The van der Waals surface area contributed by atoms with Gasteiger partial charge >= 0.3 is 0 Å². The first-order chi connectivity index (χ1) is 15.4. The molecule has 32 heavy (non-hydrogen) atoms. The highest BCUT2D eigenvalue weighted by atomic mass is 32.1. The first-order valence-electron chi connectivity index (χ1n) is 11.2. The number of nitrogens with two attached hydrogens (primary N) is 1. The zero-order valence-electron chi connectivity index (χ0n) is 19.3. The van der Waals surface area contributed by atoms with Gasteiger partial charge in [-0.05, 0) is 73.6 Å². The Kier molecular flexibility index (Phi) is 8.78. The van der Waals surface area contributed by atoms with E-state index in [2.05, 4.69) is 28.3 Å². The van der Waals surface area contributed by atoms with Gasteiger partial charge in [-0.15, -0.1) is 0 Å². The third-order valence-electron chi connectivity index (χ3n) is 6.37. The van der Waals surface area contributed by atoms with Crippen molar-refractivity contribution in [1.82, 2.24) is 14.8 Å². The van der Waals surface area contributed by atoms with Gasteiger partial charge in [0.1, 0.15) is 6.61 Å². The van der Waals surface area contributed by atoms with Gasteiger partial charge in [-0.25, -0.2) is 0 Å². The molecule has 0 aromatic carbocycles. The second-order valence-corrected chi connectivity index (χ2v) is 9.33. The molecule has 0 unspecified atom stereocenters. The molecule has 0 saturated carbocycles. The molecule has 3 rings (SSSR count). The lowest BCUT2D eigenvalue weighted by molar-refractivity contribution is -0.139. The van der Waals surface area contributed by atoms with Crippen LogP contribution in [0, 0.1) is 6.92 Å². The predicted molar refractivity (Wildman–Crippen MR) is 127 cm³/mol. The van der Waals surface area contributed by atoms with E-state index in [1.807, 2.05) is 23.3 Å². The molecule has 0 spiro atoms. The smallest absolute Gasteiger partial charge is 0.250 e. The molecule has 3 heterocycles. The minimum Gasteiger partial charge on any atom is -0.375 e. The first kappa shape index (κ1) is 24.4. The van der Waals surface area contributed by atoms with Crippen LogP contribution in [0.25, 0.3) is 0 Å². The zero-order valence-corrected chi connectivity index (χ0v) is 20.1. The van der Waals surface area contributed by atoms with E-state index >= 15 is 0 Å². The van der Waals surface area contributed by atoms with Crippen LogP contribution in [0.2, 0.25) is 0 Å². The Hall–Kier alpha value is -2.29. The van der Waals surface area contributed by atoms with E-state index in [4.69, 9.17) is 10.5 Å². The number of aromatic nitrogens is 1. The van der Waals surface area contributed by atoms with Crippen LogP contribution in [-0.2, 0) is 22.5 Å². The molecule has 0 aliphatic carbocycles. The fourth-order valence-corrected chi connectivity index (χ4v) is 5.17. The summed E-state index contributed by atoms with van der Waals surface area (Å²) in [5.74, 6) is -0.361. The van der Waals surface area contributed by atoms with E-state index in [9.17, 15) is 9.59 Å². The summed E-state index contributed by atoms with van der Waals surface area (Å²) in [7, 11) is 1.57. The number of carbonyl (C=O) groups is 2. The lowest BCUT2D eigenvalue weighted by Gasteiger charge is -2.40. The second kappa shape index (κ2) is 11.5. The quantitative estimate of drug-likeness (QED) is 0.591. The third-order valence-corrected chi connectivity index (χ3v) is 7.10. The van der Waals surface area contributed by atoms with E-state index in [1.165, 1.54) is 5.56 Å². The van der Waals surface area contributed by atoms with Gasteiger partial charge in [0.2, 0.25) is 5.91 Å². The van der Waals surface area contributed by atoms with Crippen molar-refractivity contribution in [2.24, 2.45) is 5.73 Å². The van der Waals surface area contributed by atoms with E-state index < -0.39 is 5.91 Å². The first-order valence-corrected chi connectivity index (χ1v) is 12.1. The van der Waals surface area contributed by atoms with Gasteiger partial charge in [-0.2, -0.15) is 11.3 Å². The lowest BCUT2D eigenvalue weighted by Crippen LogP contribution is -2.49. The molecule has 0 bridgehead atoms. The van der Waals surface area contributed by atoms with Crippen molar-refractivity contribution >= 4 is 23.2 Å². The lowest BCUT2D eigenvalue weighted by atomic mass is 9.98. The van der Waals surface area contributed by atoms with E-state index in [1.54, 1.807) is 24.6 Å². The van der Waals surface area contributed by atoms with Crippen LogP contribution >= 0.6 is 11.3 Å². The van der Waals surface area contributed by atoms with Crippen molar-refractivity contribution in [3.8, 4) is 0 Å². The van der Waals surface area contributed by atoms with Gasteiger partial charge in [0, 0.05) is 45.0 Å². The van der Waals surface area contributed by atoms with Crippen molar-refractivity contribution < 1.29 is 14.3 Å². The molecule has 2 aromatic rings. The van der Waals surface area contributed by atoms with Gasteiger partial charge < -0.3 is 20.3 Å². The molecule has 2 N–H and O–H groups in total. The Labute approximate surface area is 194 Å². The Morgan fingerprint density at radius 1 is 1.34 bits per heavy atom. The van der Waals surface area contributed by atoms with Crippen molar-refractivity contribution in [1.29, 1.82) is 0 Å². The Bertz CT molecular complexity index is 895. The molecule has 1 atom stereocenters. The van der Waals surface area contributed by atoms with Crippen LogP contribution in [0.1, 0.15) is 53.4 Å². The Morgan fingerprint density at radius 3 is 2.72 bits per heavy atom. The number of thiophene rings is 1. The molecular formula is C24H34N4O3S. The molecule has 1 fully saturated rings. The summed E-state index contributed by atoms with van der Waals surface area (Å²) in [6, 6.07) is 4.49. The molecular weight excluding hydrogens is 424 g/mol. The van der Waals surface area contributed by atoms with Crippen LogP contribution in [0.3, 0.4) is 0 Å². The average Bonchev–Trinajstić information content (AvgIpc) is 3.29. The molecule has 1 saturated heterocycles. The van der Waals surface area contributed by atoms with Crippen molar-refractivity contribution in [3.63, 3.8) is 0 Å². The number of carbonyl (C=O) groups excluding carboxylic acids is 2. The SMILES string of the molecule is COCC(=O)N(Cc1ccsc1)C1CCN([C@H](C)CCc2nccc(C)c2C(N)=O)CC1. The van der Waals surface area contributed by atoms with Crippen LogP contribution < -0.4 is 5.73 Å².